The van der Waals surface area contributed by atoms with Crippen molar-refractivity contribution < 1.29 is 9.32 Å². The van der Waals surface area contributed by atoms with E-state index in [9.17, 15) is 4.21 Å². The molecule has 0 unspecified atom stereocenters. The zero-order valence-electron chi connectivity index (χ0n) is 6.01. The zero-order chi connectivity index (χ0) is 7.21. The first-order chi connectivity index (χ1) is 3.41. The Balaban J connectivity index is 0. The van der Waals surface area contributed by atoms with E-state index in [4.69, 9.17) is 5.11 Å². The van der Waals surface area contributed by atoms with Gasteiger partial charge in [0.25, 0.3) is 0 Å². The van der Waals surface area contributed by atoms with Crippen LogP contribution in [-0.2, 0) is 9.93 Å². The smallest absolute Gasteiger partial charge is 0.0402 e. The second-order valence-electron chi connectivity index (χ2n) is 2.21. The molecule has 2 nitrogen and oxygen atoms in total. The van der Waals surface area contributed by atoms with Crippen LogP contribution in [0.1, 0.15) is 6.92 Å². The molecule has 0 aromatic heterocycles. The van der Waals surface area contributed by atoms with E-state index in [1.165, 1.54) is 0 Å². The molecule has 0 radical (unpaired) electrons. The summed E-state index contributed by atoms with van der Waals surface area (Å²) in [5.41, 5.74) is 0. The molecule has 0 saturated heterocycles. The molecule has 54 valence electrons. The molecule has 0 saturated carbocycles. The fraction of sp³-hybridized carbons (Fsp3) is 1.00. The molecule has 1 N–H and O–H groups in total. The van der Waals surface area contributed by atoms with E-state index < -0.39 is 9.93 Å². The third-order valence-electron chi connectivity index (χ3n) is 0. The third kappa shape index (κ3) is 13200. The van der Waals surface area contributed by atoms with Gasteiger partial charge in [-0.3, -0.25) is 4.21 Å². The average molecular weight is 140 g/mol. The van der Waals surface area contributed by atoms with Crippen molar-refractivity contribution in [1.82, 2.24) is 0 Å². The summed E-state index contributed by atoms with van der Waals surface area (Å²) >= 11 is 0. The molecule has 0 aliphatic rings. The van der Waals surface area contributed by atoms with Crippen LogP contribution < -0.4 is 0 Å². The molecule has 0 spiro atoms. The molecule has 0 bridgehead atoms. The van der Waals surface area contributed by atoms with Crippen LogP contribution >= 0.6 is 0 Å². The van der Waals surface area contributed by atoms with E-state index in [1.54, 1.807) is 25.7 Å². The molecule has 0 heterocycles. The van der Waals surface area contributed by atoms with E-state index in [-0.39, 0.29) is 6.61 Å². The summed E-state index contributed by atoms with van der Waals surface area (Å²) in [4.78, 5) is 0. The lowest BCUT2D eigenvalue weighted by molar-refractivity contribution is 0.318. The number of hydrogen-bond donors (Lipinski definition) is 2. The van der Waals surface area contributed by atoms with Crippen molar-refractivity contribution in [1.29, 1.82) is 0 Å². The number of thiol groups is 1. The van der Waals surface area contributed by atoms with Crippen molar-refractivity contribution in [3.8, 4) is 0 Å². The van der Waals surface area contributed by atoms with Crippen molar-refractivity contribution in [2.24, 2.45) is 0 Å². The van der Waals surface area contributed by atoms with Gasteiger partial charge in [-0.25, -0.2) is 0 Å². The third-order valence-corrected chi connectivity index (χ3v) is 0. The first kappa shape index (κ1) is 11.0. The van der Waals surface area contributed by atoms with Crippen LogP contribution in [-0.4, -0.2) is 34.7 Å². The highest BCUT2D eigenvalue weighted by atomic mass is 32.2. The maximum absolute atomic E-state index is 10.2. The van der Waals surface area contributed by atoms with Crippen LogP contribution in [0.4, 0.5) is 0 Å². The lowest BCUT2D eigenvalue weighted by Crippen LogP contribution is -1.99. The summed E-state index contributed by atoms with van der Waals surface area (Å²) in [6, 6.07) is 0. The molecular formula is C5H16O2S. The number of rotatable bonds is 0. The summed E-state index contributed by atoms with van der Waals surface area (Å²) in [7, 11) is -1.64. The molecule has 8 heavy (non-hydrogen) atoms. The van der Waals surface area contributed by atoms with Crippen LogP contribution in [0.3, 0.4) is 0 Å². The van der Waals surface area contributed by atoms with E-state index >= 15 is 0 Å². The van der Waals surface area contributed by atoms with E-state index in [0.29, 0.717) is 0 Å². The van der Waals surface area contributed by atoms with Gasteiger partial charge in [0, 0.05) is 6.61 Å². The largest absolute Gasteiger partial charge is 0.397 e. The summed E-state index contributed by atoms with van der Waals surface area (Å²) in [5, 5.41) is 7.57. The lowest BCUT2D eigenvalue weighted by atomic mass is 10.9. The van der Waals surface area contributed by atoms with E-state index in [0.717, 1.165) is 0 Å². The van der Waals surface area contributed by atoms with Crippen LogP contribution in [0.2, 0.25) is 0 Å². The van der Waals surface area contributed by atoms with Gasteiger partial charge in [0.15, 0.2) is 0 Å². The monoisotopic (exact) mass is 140 g/mol. The molecule has 0 aromatic rings. The van der Waals surface area contributed by atoms with Crippen LogP contribution in [0.5, 0.6) is 0 Å². The van der Waals surface area contributed by atoms with Crippen molar-refractivity contribution in [3.05, 3.63) is 0 Å². The second-order valence-corrected chi connectivity index (χ2v) is 5.98. The van der Waals surface area contributed by atoms with Crippen molar-refractivity contribution in [3.63, 3.8) is 0 Å². The zero-order valence-corrected chi connectivity index (χ0v) is 6.90. The van der Waals surface area contributed by atoms with Gasteiger partial charge >= 0.3 is 0 Å². The van der Waals surface area contributed by atoms with E-state index in [1.807, 2.05) is 0 Å². The molecule has 3 heteroatoms. The molecular weight excluding hydrogens is 124 g/mol. The maximum Gasteiger partial charge on any atom is 0.0402 e. The Morgan fingerprint density at radius 3 is 1.38 bits per heavy atom. The van der Waals surface area contributed by atoms with Gasteiger partial charge < -0.3 is 5.11 Å². The lowest BCUT2D eigenvalue weighted by Gasteiger charge is -1.95. The molecule has 0 amide bonds. The van der Waals surface area contributed by atoms with E-state index in [2.05, 4.69) is 0 Å². The van der Waals surface area contributed by atoms with Gasteiger partial charge in [-0.1, -0.05) is 0 Å². The molecule has 0 aliphatic heterocycles. The van der Waals surface area contributed by atoms with Crippen molar-refractivity contribution >= 4 is 9.93 Å². The molecule has 0 aromatic carbocycles. The first-order valence-electron chi connectivity index (χ1n) is 2.55. The molecule has 0 fully saturated rings. The van der Waals surface area contributed by atoms with Gasteiger partial charge in [-0.05, 0) is 25.7 Å². The predicted molar refractivity (Wildman–Crippen MR) is 40.1 cm³/mol. The molecule has 0 atom stereocenters. The summed E-state index contributed by atoms with van der Waals surface area (Å²) in [5.74, 6) is 0. The van der Waals surface area contributed by atoms with Gasteiger partial charge in [0.05, 0.1) is 0 Å². The van der Waals surface area contributed by atoms with Gasteiger partial charge in [-0.15, -0.1) is 9.93 Å². The number of aliphatic hydroxyl groups excluding tert-OH is 1. The Labute approximate surface area is 52.3 Å². The highest BCUT2D eigenvalue weighted by molar-refractivity contribution is 8.01. The Morgan fingerprint density at radius 2 is 1.38 bits per heavy atom. The minimum atomic E-state index is -1.64. The summed E-state index contributed by atoms with van der Waals surface area (Å²) in [6.07, 6.45) is 5.23. The topological polar surface area (TPSA) is 37.3 Å². The summed E-state index contributed by atoms with van der Waals surface area (Å²) in [6.45, 7) is 1.93. The van der Waals surface area contributed by atoms with Crippen molar-refractivity contribution in [2.75, 3.05) is 25.4 Å². The SMILES string of the molecule is CCO.C[SH](C)(C)=O. The highest BCUT2D eigenvalue weighted by Gasteiger charge is 1.79. The predicted octanol–water partition coefficient (Wildman–Crippen LogP) is -0.109. The highest BCUT2D eigenvalue weighted by Crippen LogP contribution is 1.76. The second kappa shape index (κ2) is 5.25. The fourth-order valence-electron chi connectivity index (χ4n) is 0. The van der Waals surface area contributed by atoms with Crippen LogP contribution in [0.25, 0.3) is 0 Å². The Kier molecular flexibility index (Phi) is 7.21. The van der Waals surface area contributed by atoms with Crippen LogP contribution in [0, 0.1) is 0 Å². The normalized spacial score (nSPS) is 11.6. The quantitative estimate of drug-likeness (QED) is 0.461. The Hall–Kier alpha value is 0.110. The maximum atomic E-state index is 10.2. The first-order valence-corrected chi connectivity index (χ1v) is 5.60. The average Bonchev–Trinajstić information content (AvgIpc) is 1.27. The fourth-order valence-corrected chi connectivity index (χ4v) is 0. The standard InChI is InChI=1S/C3H10OS.C2H6O/c1-5(2,3)4;1-2-3/h5H,1-3H3;3H,2H2,1H3. The molecule has 0 aliphatic carbocycles. The number of aliphatic hydroxyl groups is 1. The van der Waals surface area contributed by atoms with Crippen molar-refractivity contribution in [2.45, 2.75) is 6.92 Å². The van der Waals surface area contributed by atoms with Gasteiger partial charge in [0.1, 0.15) is 0 Å². The Morgan fingerprint density at radius 1 is 1.38 bits per heavy atom. The molecule has 0 rings (SSSR count). The number of hydrogen-bond acceptors (Lipinski definition) is 2. The summed E-state index contributed by atoms with van der Waals surface area (Å²) < 4.78 is 10.2. The van der Waals surface area contributed by atoms with Gasteiger partial charge in [0.2, 0.25) is 0 Å². The van der Waals surface area contributed by atoms with Crippen LogP contribution in [0.15, 0.2) is 0 Å². The minimum absolute atomic E-state index is 0.250. The minimum Gasteiger partial charge on any atom is -0.397 e. The Bertz CT molecular complexity index is 66.2. The van der Waals surface area contributed by atoms with Gasteiger partial charge in [-0.2, -0.15) is 0 Å².